The summed E-state index contributed by atoms with van der Waals surface area (Å²) < 4.78 is 5.27. The Labute approximate surface area is 171 Å². The topological polar surface area (TPSA) is 93.4 Å². The number of hydrogen-bond donors (Lipinski definition) is 3. The summed E-state index contributed by atoms with van der Waals surface area (Å²) in [6, 6.07) is 12.1. The first-order chi connectivity index (χ1) is 13.9. The van der Waals surface area contributed by atoms with Gasteiger partial charge in [-0.05, 0) is 60.6 Å². The van der Waals surface area contributed by atoms with E-state index in [1.165, 1.54) is 12.7 Å². The maximum Gasteiger partial charge on any atom is 0.255 e. The fraction of sp³-hybridized carbons (Fsp3) is 0.391. The van der Waals surface area contributed by atoms with E-state index >= 15 is 0 Å². The minimum absolute atomic E-state index is 0.0665. The number of aryl methyl sites for hydroxylation is 1. The lowest BCUT2D eigenvalue weighted by molar-refractivity contribution is -0.124. The minimum Gasteiger partial charge on any atom is -0.496 e. The van der Waals surface area contributed by atoms with Gasteiger partial charge in [-0.25, -0.2) is 0 Å². The van der Waals surface area contributed by atoms with Gasteiger partial charge < -0.3 is 21.1 Å². The molecule has 0 saturated carbocycles. The third-order valence-corrected chi connectivity index (χ3v) is 5.39. The molecule has 0 fully saturated rings. The van der Waals surface area contributed by atoms with Crippen LogP contribution in [0.2, 0.25) is 0 Å². The lowest BCUT2D eigenvalue weighted by atomic mass is 9.87. The van der Waals surface area contributed by atoms with Crippen molar-refractivity contribution in [1.29, 1.82) is 0 Å². The van der Waals surface area contributed by atoms with Crippen LogP contribution >= 0.6 is 0 Å². The monoisotopic (exact) mass is 395 g/mol. The molecule has 0 aromatic heterocycles. The fourth-order valence-corrected chi connectivity index (χ4v) is 3.83. The molecule has 0 radical (unpaired) electrons. The molecule has 0 spiro atoms. The van der Waals surface area contributed by atoms with Crippen LogP contribution in [-0.2, 0) is 11.2 Å². The van der Waals surface area contributed by atoms with Crippen LogP contribution in [-0.4, -0.2) is 25.0 Å². The highest BCUT2D eigenvalue weighted by Crippen LogP contribution is 2.31. The molecular weight excluding hydrogens is 366 g/mol. The molecule has 0 bridgehead atoms. The van der Waals surface area contributed by atoms with Gasteiger partial charge in [0.05, 0.1) is 18.7 Å². The molecule has 0 heterocycles. The number of nitrogen functional groups attached to an aromatic ring is 1. The summed E-state index contributed by atoms with van der Waals surface area (Å²) in [7, 11) is 1.52. The summed E-state index contributed by atoms with van der Waals surface area (Å²) in [6.07, 6.45) is 2.82. The number of amides is 2. The van der Waals surface area contributed by atoms with Crippen molar-refractivity contribution in [3.8, 4) is 5.75 Å². The Balaban J connectivity index is 1.75. The molecule has 0 saturated heterocycles. The molecule has 154 valence electrons. The smallest absolute Gasteiger partial charge is 0.255 e. The standard InChI is InChI=1S/C23H29N3O3/c1-14(2)21(26-22(27)18-8-4-5-10-20(18)29-3)23(28)25-19-9-6-7-15-13-16(24)11-12-17(15)19/h4-5,8,10-14,19,21H,6-7,9,24H2,1-3H3,(H,25,28)(H,26,27). The Bertz CT molecular complexity index is 895. The highest BCUT2D eigenvalue weighted by Gasteiger charge is 2.29. The first-order valence-corrected chi connectivity index (χ1v) is 10.0. The normalized spacial score (nSPS) is 16.6. The van der Waals surface area contributed by atoms with Gasteiger partial charge in [-0.3, -0.25) is 9.59 Å². The van der Waals surface area contributed by atoms with Crippen molar-refractivity contribution < 1.29 is 14.3 Å². The molecule has 0 aliphatic heterocycles. The van der Waals surface area contributed by atoms with Crippen LogP contribution in [0.25, 0.3) is 0 Å². The second-order valence-corrected chi connectivity index (χ2v) is 7.81. The summed E-state index contributed by atoms with van der Waals surface area (Å²) in [5, 5.41) is 6.01. The van der Waals surface area contributed by atoms with Gasteiger partial charge in [-0.15, -0.1) is 0 Å². The van der Waals surface area contributed by atoms with E-state index in [4.69, 9.17) is 10.5 Å². The molecule has 29 heavy (non-hydrogen) atoms. The number of nitrogens with two attached hydrogens (primary N) is 1. The number of benzene rings is 2. The summed E-state index contributed by atoms with van der Waals surface area (Å²) >= 11 is 0. The van der Waals surface area contributed by atoms with Gasteiger partial charge >= 0.3 is 0 Å². The average Bonchev–Trinajstić information content (AvgIpc) is 2.71. The number of fused-ring (bicyclic) bond motifs is 1. The largest absolute Gasteiger partial charge is 0.496 e. The van der Waals surface area contributed by atoms with Crippen LogP contribution in [0, 0.1) is 5.92 Å². The number of methoxy groups -OCH3 is 1. The average molecular weight is 396 g/mol. The molecule has 1 aliphatic rings. The number of carbonyl (C=O) groups excluding carboxylic acids is 2. The zero-order valence-electron chi connectivity index (χ0n) is 17.2. The van der Waals surface area contributed by atoms with Gasteiger partial charge in [-0.1, -0.05) is 32.0 Å². The fourth-order valence-electron chi connectivity index (χ4n) is 3.83. The van der Waals surface area contributed by atoms with Crippen molar-refractivity contribution >= 4 is 17.5 Å². The number of carbonyl (C=O) groups is 2. The first kappa shape index (κ1) is 20.7. The predicted octanol–water partition coefficient (Wildman–Crippen LogP) is 3.23. The molecule has 2 aromatic rings. The molecule has 2 atom stereocenters. The van der Waals surface area contributed by atoms with Gasteiger partial charge in [0.1, 0.15) is 11.8 Å². The number of hydrogen-bond acceptors (Lipinski definition) is 4. The van der Waals surface area contributed by atoms with E-state index in [9.17, 15) is 9.59 Å². The van der Waals surface area contributed by atoms with Crippen LogP contribution in [0.1, 0.15) is 54.2 Å². The van der Waals surface area contributed by atoms with Gasteiger partial charge in [0, 0.05) is 5.69 Å². The van der Waals surface area contributed by atoms with Gasteiger partial charge in [0.15, 0.2) is 0 Å². The van der Waals surface area contributed by atoms with Crippen molar-refractivity contribution in [2.45, 2.75) is 45.2 Å². The van der Waals surface area contributed by atoms with Crippen LogP contribution < -0.4 is 21.1 Å². The third-order valence-electron chi connectivity index (χ3n) is 5.39. The molecule has 4 N–H and O–H groups in total. The Hall–Kier alpha value is -3.02. The number of ether oxygens (including phenoxy) is 1. The lowest BCUT2D eigenvalue weighted by Gasteiger charge is -2.30. The van der Waals surface area contributed by atoms with E-state index < -0.39 is 6.04 Å². The summed E-state index contributed by atoms with van der Waals surface area (Å²) in [5.74, 6) is -0.0964. The SMILES string of the molecule is COc1ccccc1C(=O)NC(C(=O)NC1CCCc2cc(N)ccc21)C(C)C. The van der Waals surface area contributed by atoms with Crippen LogP contribution in [0.5, 0.6) is 5.75 Å². The number of nitrogens with one attached hydrogen (secondary N) is 2. The van der Waals surface area contributed by atoms with Crippen molar-refractivity contribution in [3.05, 3.63) is 59.2 Å². The summed E-state index contributed by atoms with van der Waals surface area (Å²) in [6.45, 7) is 3.84. The number of para-hydroxylation sites is 1. The predicted molar refractivity (Wildman–Crippen MR) is 114 cm³/mol. The van der Waals surface area contributed by atoms with Gasteiger partial charge in [-0.2, -0.15) is 0 Å². The van der Waals surface area contributed by atoms with Crippen LogP contribution in [0.15, 0.2) is 42.5 Å². The molecule has 2 amide bonds. The Kier molecular flexibility index (Phi) is 6.42. The van der Waals surface area contributed by atoms with E-state index in [0.29, 0.717) is 11.3 Å². The lowest BCUT2D eigenvalue weighted by Crippen LogP contribution is -2.50. The number of rotatable bonds is 6. The molecule has 1 aliphatic carbocycles. The van der Waals surface area contributed by atoms with Gasteiger partial charge in [0.2, 0.25) is 5.91 Å². The summed E-state index contributed by atoms with van der Waals surface area (Å²) in [5.41, 5.74) is 9.34. The zero-order valence-corrected chi connectivity index (χ0v) is 17.2. The van der Waals surface area contributed by atoms with E-state index in [2.05, 4.69) is 10.6 Å². The Morgan fingerprint density at radius 3 is 2.66 bits per heavy atom. The van der Waals surface area contributed by atoms with Crippen LogP contribution in [0.3, 0.4) is 0 Å². The third kappa shape index (κ3) is 4.70. The highest BCUT2D eigenvalue weighted by molar-refractivity contribution is 5.99. The molecule has 2 unspecified atom stereocenters. The molecule has 6 nitrogen and oxygen atoms in total. The van der Waals surface area contributed by atoms with Crippen molar-refractivity contribution in [2.24, 2.45) is 5.92 Å². The summed E-state index contributed by atoms with van der Waals surface area (Å²) in [4.78, 5) is 25.9. The molecule has 6 heteroatoms. The van der Waals surface area contributed by atoms with E-state index in [-0.39, 0.29) is 23.8 Å². The van der Waals surface area contributed by atoms with E-state index in [1.807, 2.05) is 32.0 Å². The van der Waals surface area contributed by atoms with E-state index in [1.54, 1.807) is 24.3 Å². The van der Waals surface area contributed by atoms with Crippen molar-refractivity contribution in [1.82, 2.24) is 10.6 Å². The number of anilines is 1. The van der Waals surface area contributed by atoms with Crippen LogP contribution in [0.4, 0.5) is 5.69 Å². The zero-order chi connectivity index (χ0) is 21.0. The van der Waals surface area contributed by atoms with E-state index in [0.717, 1.165) is 30.5 Å². The molecular formula is C23H29N3O3. The second kappa shape index (κ2) is 8.99. The quantitative estimate of drug-likeness (QED) is 0.655. The first-order valence-electron chi connectivity index (χ1n) is 10.0. The molecule has 2 aromatic carbocycles. The maximum absolute atomic E-state index is 13.1. The maximum atomic E-state index is 13.1. The second-order valence-electron chi connectivity index (χ2n) is 7.81. The highest BCUT2D eigenvalue weighted by atomic mass is 16.5. The Morgan fingerprint density at radius 1 is 1.17 bits per heavy atom. The minimum atomic E-state index is -0.647. The van der Waals surface area contributed by atoms with Gasteiger partial charge in [0.25, 0.3) is 5.91 Å². The molecule has 3 rings (SSSR count). The van der Waals surface area contributed by atoms with Crippen molar-refractivity contribution in [2.75, 3.05) is 12.8 Å². The van der Waals surface area contributed by atoms with Crippen molar-refractivity contribution in [3.63, 3.8) is 0 Å². The Morgan fingerprint density at radius 2 is 1.93 bits per heavy atom.